The van der Waals surface area contributed by atoms with Crippen LogP contribution in [-0.2, 0) is 38.8 Å². The predicted octanol–water partition coefficient (Wildman–Crippen LogP) is 3.96. The van der Waals surface area contributed by atoms with Crippen molar-refractivity contribution in [1.82, 2.24) is 30.1 Å². The first-order valence-electron chi connectivity index (χ1n) is 21.3. The van der Waals surface area contributed by atoms with Crippen LogP contribution in [0.25, 0.3) is 22.2 Å². The fraction of sp³-hybridized carbons (Fsp3) is 0.327. The lowest BCUT2D eigenvalue weighted by atomic mass is 9.97. The average Bonchev–Trinajstić information content (AvgIpc) is 3.88. The number of likely N-dealkylation sites (tertiary alicyclic amines) is 1. The third kappa shape index (κ3) is 11.3. The van der Waals surface area contributed by atoms with Gasteiger partial charge in [-0.15, -0.1) is 13.0 Å². The summed E-state index contributed by atoms with van der Waals surface area (Å²) in [5.41, 5.74) is 0.201. The molecule has 1 aliphatic heterocycles. The lowest BCUT2D eigenvalue weighted by Gasteiger charge is -2.29. The lowest BCUT2D eigenvalue weighted by Crippen LogP contribution is -2.57. The number of hydrogen-bond acceptors (Lipinski definition) is 11. The van der Waals surface area contributed by atoms with Crippen molar-refractivity contribution in [1.29, 1.82) is 0 Å². The highest BCUT2D eigenvalue weighted by Gasteiger charge is 2.61. The van der Waals surface area contributed by atoms with Gasteiger partial charge in [-0.3, -0.25) is 28.8 Å². The van der Waals surface area contributed by atoms with Gasteiger partial charge in [0.15, 0.2) is 0 Å². The zero-order valence-corrected chi connectivity index (χ0v) is 37.6. The Morgan fingerprint density at radius 2 is 1.73 bits per heavy atom. The molecule has 3 aromatic carbocycles. The van der Waals surface area contributed by atoms with E-state index >= 15 is 0 Å². The van der Waals surface area contributed by atoms with Crippen LogP contribution in [0.5, 0.6) is 11.5 Å². The first-order chi connectivity index (χ1) is 31.6. The SMILES string of the molecule is C#CCN(C)C(=O)CCCC(=O)C[C@@H](CNC(=O)C=C)C(=O)N1C[C@H](Oc2cc(-c3ccccc3)nc3cc(OC)ccc23)C[C@H]1C(=O)N[C@]1(C(=O)NS(=O)(=O)c2ccccc2)C[C@H]1C=C. The summed E-state index contributed by atoms with van der Waals surface area (Å²) < 4.78 is 40.8. The lowest BCUT2D eigenvalue weighted by molar-refractivity contribution is -0.143. The Morgan fingerprint density at radius 3 is 2.38 bits per heavy atom. The largest absolute Gasteiger partial charge is 0.497 e. The summed E-state index contributed by atoms with van der Waals surface area (Å²) >= 11 is 0. The van der Waals surface area contributed by atoms with Gasteiger partial charge in [-0.05, 0) is 43.2 Å². The van der Waals surface area contributed by atoms with Crippen LogP contribution in [0.4, 0.5) is 0 Å². The summed E-state index contributed by atoms with van der Waals surface area (Å²) in [6.07, 6.45) is 6.69. The van der Waals surface area contributed by atoms with E-state index in [9.17, 15) is 37.2 Å². The third-order valence-corrected chi connectivity index (χ3v) is 13.0. The van der Waals surface area contributed by atoms with Gasteiger partial charge in [-0.25, -0.2) is 18.1 Å². The maximum absolute atomic E-state index is 14.8. The number of fused-ring (bicyclic) bond motifs is 1. The minimum absolute atomic E-state index is 0.0272. The van der Waals surface area contributed by atoms with Crippen molar-refractivity contribution in [2.24, 2.45) is 11.8 Å². The van der Waals surface area contributed by atoms with E-state index in [1.165, 1.54) is 47.3 Å². The van der Waals surface area contributed by atoms with Gasteiger partial charge in [-0.2, -0.15) is 0 Å². The monoisotopic (exact) mass is 916 g/mol. The van der Waals surface area contributed by atoms with E-state index in [2.05, 4.69) is 34.4 Å². The molecular formula is C49H52N6O10S. The second kappa shape index (κ2) is 21.1. The molecule has 6 rings (SSSR count). The predicted molar refractivity (Wildman–Crippen MR) is 246 cm³/mol. The van der Waals surface area contributed by atoms with Crippen molar-refractivity contribution in [3.63, 3.8) is 0 Å². The van der Waals surface area contributed by atoms with Gasteiger partial charge in [0.05, 0.1) is 42.2 Å². The smallest absolute Gasteiger partial charge is 0.264 e. The number of terminal acetylenes is 1. The van der Waals surface area contributed by atoms with Crippen molar-refractivity contribution >= 4 is 56.2 Å². The Morgan fingerprint density at radius 1 is 1.02 bits per heavy atom. The first-order valence-corrected chi connectivity index (χ1v) is 22.8. The Balaban J connectivity index is 1.32. The molecule has 3 N–H and O–H groups in total. The fourth-order valence-corrected chi connectivity index (χ4v) is 8.99. The normalized spacial score (nSPS) is 19.0. The summed E-state index contributed by atoms with van der Waals surface area (Å²) in [6.45, 7) is 6.90. The van der Waals surface area contributed by atoms with E-state index in [1.54, 1.807) is 37.4 Å². The first kappa shape index (κ1) is 48.1. The number of benzene rings is 3. The number of pyridine rings is 1. The maximum atomic E-state index is 14.8. The number of amides is 5. The molecule has 0 unspecified atom stereocenters. The van der Waals surface area contributed by atoms with Crippen molar-refractivity contribution in [3.05, 3.63) is 110 Å². The number of hydrogen-bond donors (Lipinski definition) is 3. The molecule has 4 aromatic rings. The van der Waals surface area contributed by atoms with Crippen LogP contribution >= 0.6 is 0 Å². The highest BCUT2D eigenvalue weighted by atomic mass is 32.2. The van der Waals surface area contributed by atoms with E-state index in [4.69, 9.17) is 20.9 Å². The topological polar surface area (TPSA) is 210 Å². The number of carbonyl (C=O) groups is 6. The second-order valence-corrected chi connectivity index (χ2v) is 17.9. The maximum Gasteiger partial charge on any atom is 0.264 e. The van der Waals surface area contributed by atoms with Gasteiger partial charge in [-0.1, -0.05) is 67.1 Å². The molecule has 0 spiro atoms. The zero-order valence-electron chi connectivity index (χ0n) is 36.7. The van der Waals surface area contributed by atoms with Crippen LogP contribution < -0.4 is 24.8 Å². The van der Waals surface area contributed by atoms with Crippen LogP contribution in [0.2, 0.25) is 0 Å². The number of rotatable bonds is 21. The van der Waals surface area contributed by atoms with E-state index in [-0.39, 0.29) is 74.7 Å². The van der Waals surface area contributed by atoms with E-state index in [0.717, 1.165) is 11.6 Å². The Kier molecular flexibility index (Phi) is 15.4. The summed E-state index contributed by atoms with van der Waals surface area (Å²) in [4.78, 5) is 89.1. The number of carbonyl (C=O) groups excluding carboxylic acids is 6. The highest BCUT2D eigenvalue weighted by Crippen LogP contribution is 2.45. The number of sulfonamides is 1. The number of aromatic nitrogens is 1. The van der Waals surface area contributed by atoms with Crippen molar-refractivity contribution in [2.75, 3.05) is 33.8 Å². The van der Waals surface area contributed by atoms with Gasteiger partial charge in [0.25, 0.3) is 15.9 Å². The van der Waals surface area contributed by atoms with Gasteiger partial charge >= 0.3 is 0 Å². The second-order valence-electron chi connectivity index (χ2n) is 16.2. The number of ketones is 1. The molecule has 1 aromatic heterocycles. The van der Waals surface area contributed by atoms with Crippen molar-refractivity contribution in [3.8, 4) is 35.1 Å². The van der Waals surface area contributed by atoms with Gasteiger partial charge in [0.1, 0.15) is 35.0 Å². The fourth-order valence-electron chi connectivity index (χ4n) is 7.93. The third-order valence-electron chi connectivity index (χ3n) is 11.7. The molecule has 16 nitrogen and oxygen atoms in total. The Bertz CT molecular complexity index is 2670. The molecule has 2 aliphatic rings. The molecule has 1 aliphatic carbocycles. The molecular weight excluding hydrogens is 865 g/mol. The molecule has 0 bridgehead atoms. The summed E-state index contributed by atoms with van der Waals surface area (Å²) in [7, 11) is -1.25. The number of nitrogens with one attached hydrogen (secondary N) is 3. The molecule has 1 saturated carbocycles. The molecule has 1 saturated heterocycles. The molecule has 344 valence electrons. The molecule has 66 heavy (non-hydrogen) atoms. The number of nitrogens with zero attached hydrogens (tertiary/aromatic N) is 3. The van der Waals surface area contributed by atoms with Gasteiger partial charge in [0, 0.05) is 68.3 Å². The zero-order chi connectivity index (χ0) is 47.6. The van der Waals surface area contributed by atoms with Crippen LogP contribution in [-0.4, -0.2) is 110 Å². The molecule has 2 fully saturated rings. The van der Waals surface area contributed by atoms with Crippen LogP contribution in [0, 0.1) is 24.2 Å². The van der Waals surface area contributed by atoms with Crippen molar-refractivity contribution < 1.29 is 46.7 Å². The average molecular weight is 917 g/mol. The van der Waals surface area contributed by atoms with Crippen LogP contribution in [0.15, 0.2) is 115 Å². The standard InChI is InChI=1S/C49H52N6O10S/c1-6-24-54(4)45(58)21-15-18-35(56)25-33(30-50-44(57)8-3)47(60)55-31-37(65-43-28-40(32-16-11-9-12-17-32)51-41-26-36(64-5)22-23-39(41)43)27-42(55)46(59)52-49(29-34(49)7-2)48(61)53-66(62,63)38-19-13-10-14-20-38/h1,7-14,16-17,19-20,22-23,26,28,33-34,37,42H,2-3,15,18,21,24-25,27,29-31H2,4-5H3,(H,50,57)(H,52,59)(H,53,61)/t33-,34+,37+,42-,49+/m0/s1. The molecule has 5 amide bonds. The Hall–Kier alpha value is -7.32. The Labute approximate surface area is 383 Å². The van der Waals surface area contributed by atoms with Crippen molar-refractivity contribution in [2.45, 2.75) is 61.1 Å². The van der Waals surface area contributed by atoms with Crippen LogP contribution in [0.1, 0.15) is 38.5 Å². The summed E-state index contributed by atoms with van der Waals surface area (Å²) in [5, 5.41) is 5.98. The van der Waals surface area contributed by atoms with Crippen LogP contribution in [0.3, 0.4) is 0 Å². The number of Topliss-reactive ketones (excluding diaryl/α,β-unsaturated/α-hetero) is 1. The van der Waals surface area contributed by atoms with Gasteiger partial charge < -0.3 is 29.9 Å². The molecule has 2 heterocycles. The number of ether oxygens (including phenoxy) is 2. The summed E-state index contributed by atoms with van der Waals surface area (Å²) in [6, 6.07) is 22.4. The van der Waals surface area contributed by atoms with E-state index in [1.807, 2.05) is 30.3 Å². The van der Waals surface area contributed by atoms with Gasteiger partial charge in [0.2, 0.25) is 23.6 Å². The van der Waals surface area contributed by atoms with E-state index in [0.29, 0.717) is 28.1 Å². The van der Waals surface area contributed by atoms with E-state index < -0.39 is 63.2 Å². The molecule has 0 radical (unpaired) electrons. The number of methoxy groups -OCH3 is 1. The minimum atomic E-state index is -4.34. The molecule has 17 heteroatoms. The molecule has 5 atom stereocenters. The highest BCUT2D eigenvalue weighted by molar-refractivity contribution is 7.90. The summed E-state index contributed by atoms with van der Waals surface area (Å²) in [5.74, 6) is -2.14. The quantitative estimate of drug-likeness (QED) is 0.0619. The minimum Gasteiger partial charge on any atom is -0.497 e.